The number of benzene rings is 3. The number of nitro groups is 1. The van der Waals surface area contributed by atoms with Crippen molar-refractivity contribution < 1.29 is 14.5 Å². The van der Waals surface area contributed by atoms with Crippen molar-refractivity contribution in [3.63, 3.8) is 0 Å². The molecular weight excluding hydrogens is 406 g/mol. The topological polar surface area (TPSA) is 75.9 Å². The summed E-state index contributed by atoms with van der Waals surface area (Å²) >= 11 is 6.22. The number of piperazine rings is 1. The second-order valence-electron chi connectivity index (χ2n) is 7.00. The normalized spacial score (nSPS) is 14.0. The van der Waals surface area contributed by atoms with Gasteiger partial charge in [-0.15, -0.1) is 0 Å². The van der Waals surface area contributed by atoms with Gasteiger partial charge in [0.05, 0.1) is 9.95 Å². The molecule has 1 aliphatic rings. The van der Waals surface area contributed by atoms with E-state index in [4.69, 9.17) is 16.3 Å². The minimum atomic E-state index is -0.434. The molecule has 0 spiro atoms. The summed E-state index contributed by atoms with van der Waals surface area (Å²) in [4.78, 5) is 27.1. The molecule has 4 rings (SSSR count). The molecule has 3 aromatic carbocycles. The van der Waals surface area contributed by atoms with Gasteiger partial charge in [0.15, 0.2) is 6.61 Å². The number of carbonyl (C=O) groups is 1. The predicted octanol–water partition coefficient (Wildman–Crippen LogP) is 4.13. The van der Waals surface area contributed by atoms with Crippen molar-refractivity contribution in [1.29, 1.82) is 0 Å². The van der Waals surface area contributed by atoms with E-state index in [1.807, 2.05) is 47.4 Å². The summed E-state index contributed by atoms with van der Waals surface area (Å²) in [6.45, 7) is 1.76. The Morgan fingerprint density at radius 2 is 1.70 bits per heavy atom. The van der Waals surface area contributed by atoms with Gasteiger partial charge in [0.1, 0.15) is 11.4 Å². The Morgan fingerprint density at radius 1 is 1.00 bits per heavy atom. The number of nitrogens with zero attached hydrogens (tertiary/aromatic N) is 3. The molecule has 0 bridgehead atoms. The third kappa shape index (κ3) is 4.02. The summed E-state index contributed by atoms with van der Waals surface area (Å²) in [6, 6.07) is 18.2. The Morgan fingerprint density at radius 3 is 2.47 bits per heavy atom. The van der Waals surface area contributed by atoms with Crippen molar-refractivity contribution >= 4 is 39.7 Å². The molecular formula is C22H20ClN3O4. The third-order valence-electron chi connectivity index (χ3n) is 5.21. The van der Waals surface area contributed by atoms with Crippen LogP contribution in [0, 0.1) is 10.1 Å². The van der Waals surface area contributed by atoms with Crippen LogP contribution in [0.4, 0.5) is 11.4 Å². The summed E-state index contributed by atoms with van der Waals surface area (Å²) in [6.07, 6.45) is 0. The van der Waals surface area contributed by atoms with E-state index in [9.17, 15) is 14.9 Å². The molecule has 1 amide bonds. The lowest BCUT2D eigenvalue weighted by atomic mass is 10.1. The van der Waals surface area contributed by atoms with Crippen LogP contribution in [0.3, 0.4) is 0 Å². The Kier molecular flexibility index (Phi) is 5.72. The fraction of sp³-hybridized carbons (Fsp3) is 0.227. The van der Waals surface area contributed by atoms with Crippen molar-refractivity contribution in [2.24, 2.45) is 0 Å². The fourth-order valence-electron chi connectivity index (χ4n) is 3.70. The van der Waals surface area contributed by atoms with E-state index in [2.05, 4.69) is 0 Å². The van der Waals surface area contributed by atoms with E-state index in [1.54, 1.807) is 17.0 Å². The van der Waals surface area contributed by atoms with Crippen LogP contribution in [-0.2, 0) is 4.79 Å². The lowest BCUT2D eigenvalue weighted by Gasteiger charge is -2.36. The monoisotopic (exact) mass is 425 g/mol. The van der Waals surface area contributed by atoms with Crippen LogP contribution in [0.5, 0.6) is 5.75 Å². The predicted molar refractivity (Wildman–Crippen MR) is 116 cm³/mol. The number of anilines is 1. The first-order valence-corrected chi connectivity index (χ1v) is 9.98. The van der Waals surface area contributed by atoms with Crippen LogP contribution in [-0.4, -0.2) is 48.5 Å². The van der Waals surface area contributed by atoms with Gasteiger partial charge in [-0.1, -0.05) is 54.1 Å². The third-order valence-corrected chi connectivity index (χ3v) is 5.52. The number of halogens is 1. The molecule has 0 saturated carbocycles. The Balaban J connectivity index is 1.39. The maximum absolute atomic E-state index is 12.6. The maximum Gasteiger partial charge on any atom is 0.294 e. The van der Waals surface area contributed by atoms with Crippen LogP contribution in [0.1, 0.15) is 0 Å². The molecule has 0 unspecified atom stereocenters. The van der Waals surface area contributed by atoms with Gasteiger partial charge in [0.2, 0.25) is 0 Å². The van der Waals surface area contributed by atoms with Gasteiger partial charge in [-0.25, -0.2) is 0 Å². The molecule has 1 heterocycles. The van der Waals surface area contributed by atoms with Crippen LogP contribution in [0.25, 0.3) is 10.8 Å². The molecule has 8 heteroatoms. The highest BCUT2D eigenvalue weighted by Gasteiger charge is 2.27. The number of para-hydroxylation sites is 1. The maximum atomic E-state index is 12.6. The molecule has 1 saturated heterocycles. The molecule has 0 N–H and O–H groups in total. The van der Waals surface area contributed by atoms with Gasteiger partial charge in [-0.2, -0.15) is 0 Å². The average Bonchev–Trinajstić information content (AvgIpc) is 2.77. The van der Waals surface area contributed by atoms with Gasteiger partial charge in [-0.05, 0) is 17.5 Å². The summed E-state index contributed by atoms with van der Waals surface area (Å²) in [5.41, 5.74) is 0.379. The van der Waals surface area contributed by atoms with Crippen molar-refractivity contribution in [3.8, 4) is 5.75 Å². The number of hydrogen-bond donors (Lipinski definition) is 0. The number of nitro benzene ring substituents is 1. The zero-order valence-electron chi connectivity index (χ0n) is 16.2. The summed E-state index contributed by atoms with van der Waals surface area (Å²) in [5.74, 6) is 0.558. The van der Waals surface area contributed by atoms with Gasteiger partial charge in [0.25, 0.3) is 11.6 Å². The smallest absolute Gasteiger partial charge is 0.294 e. The number of ether oxygens (including phenoxy) is 1. The van der Waals surface area contributed by atoms with Gasteiger partial charge in [0, 0.05) is 37.6 Å². The Hall–Kier alpha value is -3.32. The molecule has 0 aliphatic carbocycles. The Labute approximate surface area is 178 Å². The molecule has 1 aliphatic heterocycles. The molecule has 0 aromatic heterocycles. The minimum absolute atomic E-state index is 0.0263. The first-order chi connectivity index (χ1) is 14.5. The number of hydrogen-bond acceptors (Lipinski definition) is 5. The van der Waals surface area contributed by atoms with Crippen LogP contribution >= 0.6 is 11.6 Å². The van der Waals surface area contributed by atoms with Crippen molar-refractivity contribution in [2.45, 2.75) is 0 Å². The zero-order valence-corrected chi connectivity index (χ0v) is 16.9. The molecule has 154 valence electrons. The van der Waals surface area contributed by atoms with Gasteiger partial charge in [-0.3, -0.25) is 14.9 Å². The molecule has 0 atom stereocenters. The van der Waals surface area contributed by atoms with Gasteiger partial charge < -0.3 is 14.5 Å². The average molecular weight is 426 g/mol. The number of fused-ring (bicyclic) bond motifs is 1. The second kappa shape index (κ2) is 8.59. The van der Waals surface area contributed by atoms with Crippen molar-refractivity contribution in [3.05, 3.63) is 75.8 Å². The van der Waals surface area contributed by atoms with Crippen LogP contribution in [0.15, 0.2) is 60.7 Å². The summed E-state index contributed by atoms with van der Waals surface area (Å²) in [7, 11) is 0. The van der Waals surface area contributed by atoms with Crippen LogP contribution in [0.2, 0.25) is 5.02 Å². The van der Waals surface area contributed by atoms with E-state index >= 15 is 0 Å². The van der Waals surface area contributed by atoms with Crippen molar-refractivity contribution in [2.75, 3.05) is 37.7 Å². The van der Waals surface area contributed by atoms with Crippen LogP contribution < -0.4 is 9.64 Å². The number of amides is 1. The fourth-order valence-corrected chi connectivity index (χ4v) is 3.99. The quantitative estimate of drug-likeness (QED) is 0.454. The van der Waals surface area contributed by atoms with E-state index in [1.165, 1.54) is 6.07 Å². The molecule has 7 nitrogen and oxygen atoms in total. The van der Waals surface area contributed by atoms with Gasteiger partial charge >= 0.3 is 0 Å². The molecule has 3 aromatic rings. The first kappa shape index (κ1) is 20.0. The highest BCUT2D eigenvalue weighted by Crippen LogP contribution is 2.35. The standard InChI is InChI=1S/C22H20ClN3O4/c23-18-8-4-9-19(26(28)29)22(18)25-13-11-24(12-14-25)21(27)15-30-20-10-3-6-16-5-1-2-7-17(16)20/h1-10H,11-15H2. The minimum Gasteiger partial charge on any atom is -0.483 e. The lowest BCUT2D eigenvalue weighted by Crippen LogP contribution is -2.50. The van der Waals surface area contributed by atoms with E-state index in [0.29, 0.717) is 42.6 Å². The lowest BCUT2D eigenvalue weighted by molar-refractivity contribution is -0.384. The SMILES string of the molecule is O=C(COc1cccc2ccccc12)N1CCN(c2c(Cl)cccc2[N+](=O)[O-])CC1. The largest absolute Gasteiger partial charge is 0.483 e. The van der Waals surface area contributed by atoms with E-state index < -0.39 is 4.92 Å². The second-order valence-corrected chi connectivity index (χ2v) is 7.41. The Bertz CT molecular complexity index is 1090. The summed E-state index contributed by atoms with van der Waals surface area (Å²) < 4.78 is 5.80. The molecule has 0 radical (unpaired) electrons. The number of rotatable bonds is 5. The van der Waals surface area contributed by atoms with Crippen molar-refractivity contribution in [1.82, 2.24) is 4.90 Å². The first-order valence-electron chi connectivity index (χ1n) is 9.61. The van der Waals surface area contributed by atoms with E-state index in [0.717, 1.165) is 10.8 Å². The highest BCUT2D eigenvalue weighted by molar-refractivity contribution is 6.33. The number of carbonyl (C=O) groups excluding carboxylic acids is 1. The highest BCUT2D eigenvalue weighted by atomic mass is 35.5. The van der Waals surface area contributed by atoms with E-state index in [-0.39, 0.29) is 18.2 Å². The molecule has 1 fully saturated rings. The molecule has 30 heavy (non-hydrogen) atoms. The summed E-state index contributed by atoms with van der Waals surface area (Å²) in [5, 5.41) is 13.7. The zero-order chi connectivity index (χ0) is 21.1.